The van der Waals surface area contributed by atoms with Crippen molar-refractivity contribution in [1.82, 2.24) is 0 Å². The van der Waals surface area contributed by atoms with E-state index in [1.807, 2.05) is 6.92 Å². The van der Waals surface area contributed by atoms with Crippen LogP contribution in [0.1, 0.15) is 32.8 Å². The zero-order valence-corrected chi connectivity index (χ0v) is 9.79. The topological polar surface area (TPSA) is 44.0 Å². The molecule has 0 bridgehead atoms. The lowest BCUT2D eigenvalue weighted by molar-refractivity contribution is -0.0380. The second kappa shape index (κ2) is 4.23. The van der Waals surface area contributed by atoms with E-state index in [2.05, 4.69) is 6.07 Å². The summed E-state index contributed by atoms with van der Waals surface area (Å²) in [4.78, 5) is 0. The summed E-state index contributed by atoms with van der Waals surface area (Å²) < 4.78 is 12.8. The van der Waals surface area contributed by atoms with E-state index in [9.17, 15) is 9.50 Å². The highest BCUT2D eigenvalue weighted by Crippen LogP contribution is 2.41. The molecule has 0 saturated carbocycles. The van der Waals surface area contributed by atoms with Gasteiger partial charge in [-0.15, -0.1) is 0 Å². The Morgan fingerprint density at radius 1 is 1.31 bits per heavy atom. The predicted molar refractivity (Wildman–Crippen MR) is 60.0 cm³/mol. The number of hydrogen-bond donors (Lipinski definition) is 1. The maximum Gasteiger partial charge on any atom is 0.123 e. The van der Waals surface area contributed by atoms with Gasteiger partial charge in [-0.05, 0) is 38.0 Å². The monoisotopic (exact) mass is 221 g/mol. The van der Waals surface area contributed by atoms with Crippen LogP contribution in [0.2, 0.25) is 0 Å². The van der Waals surface area contributed by atoms with Gasteiger partial charge in [0.2, 0.25) is 0 Å². The Hall–Kier alpha value is -1.40. The SMILES string of the molecule is CCC(C)(C#N)C(C)(O)c1ccc(F)cc1. The molecule has 1 aromatic carbocycles. The molecule has 0 heterocycles. The summed E-state index contributed by atoms with van der Waals surface area (Å²) in [6.07, 6.45) is 0.522. The highest BCUT2D eigenvalue weighted by molar-refractivity contribution is 5.27. The van der Waals surface area contributed by atoms with E-state index in [0.29, 0.717) is 12.0 Å². The molecule has 3 heteroatoms. The first kappa shape index (κ1) is 12.7. The lowest BCUT2D eigenvalue weighted by atomic mass is 9.70. The smallest absolute Gasteiger partial charge is 0.123 e. The van der Waals surface area contributed by atoms with Crippen molar-refractivity contribution in [3.05, 3.63) is 35.6 Å². The molecule has 0 amide bonds. The molecular formula is C13H16FNO. The van der Waals surface area contributed by atoms with Crippen LogP contribution in [0.15, 0.2) is 24.3 Å². The van der Waals surface area contributed by atoms with Gasteiger partial charge in [0.05, 0.1) is 11.5 Å². The van der Waals surface area contributed by atoms with Gasteiger partial charge in [-0.25, -0.2) is 4.39 Å². The van der Waals surface area contributed by atoms with Gasteiger partial charge in [-0.3, -0.25) is 0 Å². The van der Waals surface area contributed by atoms with E-state index in [-0.39, 0.29) is 5.82 Å². The third-order valence-corrected chi connectivity index (χ3v) is 3.43. The molecule has 1 N–H and O–H groups in total. The maximum atomic E-state index is 12.8. The molecule has 0 aliphatic carbocycles. The van der Waals surface area contributed by atoms with Gasteiger partial charge < -0.3 is 5.11 Å². The Balaban J connectivity index is 3.21. The van der Waals surface area contributed by atoms with Crippen molar-refractivity contribution in [1.29, 1.82) is 5.26 Å². The summed E-state index contributed by atoms with van der Waals surface area (Å²) in [6, 6.07) is 7.74. The average molecular weight is 221 g/mol. The zero-order chi connectivity index (χ0) is 12.4. The quantitative estimate of drug-likeness (QED) is 0.852. The number of nitrogens with zero attached hydrogens (tertiary/aromatic N) is 1. The molecular weight excluding hydrogens is 205 g/mol. The third kappa shape index (κ3) is 1.94. The normalized spacial score (nSPS) is 18.2. The molecule has 2 atom stereocenters. The van der Waals surface area contributed by atoms with Gasteiger partial charge in [-0.2, -0.15) is 5.26 Å². The molecule has 0 saturated heterocycles. The number of nitriles is 1. The van der Waals surface area contributed by atoms with Crippen LogP contribution in [0.25, 0.3) is 0 Å². The highest BCUT2D eigenvalue weighted by atomic mass is 19.1. The fourth-order valence-corrected chi connectivity index (χ4v) is 1.63. The van der Waals surface area contributed by atoms with Crippen molar-refractivity contribution in [2.24, 2.45) is 5.41 Å². The van der Waals surface area contributed by atoms with Gasteiger partial charge in [0.1, 0.15) is 11.4 Å². The average Bonchev–Trinajstić information content (AvgIpc) is 2.28. The first-order valence-electron chi connectivity index (χ1n) is 5.27. The molecule has 0 aromatic heterocycles. The Bertz CT molecular complexity index is 405. The number of aliphatic hydroxyl groups is 1. The summed E-state index contributed by atoms with van der Waals surface area (Å²) >= 11 is 0. The lowest BCUT2D eigenvalue weighted by Crippen LogP contribution is -2.40. The minimum absolute atomic E-state index is 0.352. The highest BCUT2D eigenvalue weighted by Gasteiger charge is 2.43. The van der Waals surface area contributed by atoms with Crippen LogP contribution in [-0.2, 0) is 5.60 Å². The van der Waals surface area contributed by atoms with E-state index >= 15 is 0 Å². The van der Waals surface area contributed by atoms with Gasteiger partial charge >= 0.3 is 0 Å². The van der Waals surface area contributed by atoms with E-state index in [1.54, 1.807) is 13.8 Å². The second-order valence-electron chi connectivity index (χ2n) is 4.38. The lowest BCUT2D eigenvalue weighted by Gasteiger charge is -2.37. The molecule has 2 unspecified atom stereocenters. The zero-order valence-electron chi connectivity index (χ0n) is 9.79. The summed E-state index contributed by atoms with van der Waals surface area (Å²) in [7, 11) is 0. The Kier molecular flexibility index (Phi) is 3.35. The molecule has 0 aliphatic heterocycles. The van der Waals surface area contributed by atoms with Crippen molar-refractivity contribution in [2.45, 2.75) is 32.8 Å². The summed E-state index contributed by atoms with van der Waals surface area (Å²) in [6.45, 7) is 5.14. The van der Waals surface area contributed by atoms with Gasteiger partial charge in [0.15, 0.2) is 0 Å². The summed E-state index contributed by atoms with van der Waals surface area (Å²) in [5, 5.41) is 19.6. The fourth-order valence-electron chi connectivity index (χ4n) is 1.63. The summed E-state index contributed by atoms with van der Waals surface area (Å²) in [5.74, 6) is -0.352. The standard InChI is InChI=1S/C13H16FNO/c1-4-12(2,9-15)13(3,16)10-5-7-11(14)8-6-10/h5-8,16H,4H2,1-3H3. The van der Waals surface area contributed by atoms with Crippen LogP contribution in [0, 0.1) is 22.6 Å². The molecule has 16 heavy (non-hydrogen) atoms. The molecule has 0 spiro atoms. The molecule has 1 aromatic rings. The fraction of sp³-hybridized carbons (Fsp3) is 0.462. The van der Waals surface area contributed by atoms with E-state index in [0.717, 1.165) is 0 Å². The Labute approximate surface area is 95.3 Å². The molecule has 0 radical (unpaired) electrons. The van der Waals surface area contributed by atoms with Crippen LogP contribution in [0.5, 0.6) is 0 Å². The number of hydrogen-bond acceptors (Lipinski definition) is 2. The second-order valence-corrected chi connectivity index (χ2v) is 4.38. The number of benzene rings is 1. The van der Waals surface area contributed by atoms with Gasteiger partial charge in [0, 0.05) is 0 Å². The Morgan fingerprint density at radius 3 is 2.19 bits per heavy atom. The van der Waals surface area contributed by atoms with E-state index in [4.69, 9.17) is 5.26 Å². The molecule has 2 nitrogen and oxygen atoms in total. The van der Waals surface area contributed by atoms with Gasteiger partial charge in [-0.1, -0.05) is 19.1 Å². The van der Waals surface area contributed by atoms with Crippen LogP contribution in [-0.4, -0.2) is 5.11 Å². The first-order valence-corrected chi connectivity index (χ1v) is 5.27. The predicted octanol–water partition coefficient (Wildman–Crippen LogP) is 2.97. The molecule has 86 valence electrons. The van der Waals surface area contributed by atoms with Gasteiger partial charge in [0.25, 0.3) is 0 Å². The first-order chi connectivity index (χ1) is 7.37. The molecule has 1 rings (SSSR count). The van der Waals surface area contributed by atoms with Crippen LogP contribution >= 0.6 is 0 Å². The minimum atomic E-state index is -1.29. The number of halogens is 1. The van der Waals surface area contributed by atoms with E-state index in [1.165, 1.54) is 24.3 Å². The maximum absolute atomic E-state index is 12.8. The van der Waals surface area contributed by atoms with Crippen molar-refractivity contribution in [3.63, 3.8) is 0 Å². The molecule has 0 aliphatic rings. The van der Waals surface area contributed by atoms with Crippen molar-refractivity contribution in [3.8, 4) is 6.07 Å². The Morgan fingerprint density at radius 2 is 1.81 bits per heavy atom. The largest absolute Gasteiger partial charge is 0.384 e. The van der Waals surface area contributed by atoms with E-state index < -0.39 is 11.0 Å². The van der Waals surface area contributed by atoms with Crippen LogP contribution < -0.4 is 0 Å². The minimum Gasteiger partial charge on any atom is -0.384 e. The van der Waals surface area contributed by atoms with Crippen molar-refractivity contribution < 1.29 is 9.50 Å². The third-order valence-electron chi connectivity index (χ3n) is 3.43. The van der Waals surface area contributed by atoms with Crippen molar-refractivity contribution >= 4 is 0 Å². The summed E-state index contributed by atoms with van der Waals surface area (Å²) in [5.41, 5.74) is -1.62. The van der Waals surface area contributed by atoms with Crippen molar-refractivity contribution in [2.75, 3.05) is 0 Å². The van der Waals surface area contributed by atoms with Crippen LogP contribution in [0.3, 0.4) is 0 Å². The molecule has 0 fully saturated rings. The number of rotatable bonds is 3. The van der Waals surface area contributed by atoms with Crippen LogP contribution in [0.4, 0.5) is 4.39 Å².